The number of aromatic nitrogens is 1. The Morgan fingerprint density at radius 3 is 2.79 bits per heavy atom. The van der Waals surface area contributed by atoms with Crippen LogP contribution in [0.1, 0.15) is 21.6 Å². The highest BCUT2D eigenvalue weighted by atomic mass is 32.1. The molecular formula is C12H17N3O3S. The molecule has 0 atom stereocenters. The van der Waals surface area contributed by atoms with Crippen molar-refractivity contribution in [1.29, 1.82) is 0 Å². The molecule has 1 aliphatic heterocycles. The Morgan fingerprint density at radius 2 is 2.21 bits per heavy atom. The zero-order valence-corrected chi connectivity index (χ0v) is 11.7. The average molecular weight is 283 g/mol. The maximum absolute atomic E-state index is 11.5. The number of carbonyl (C=O) groups is 2. The lowest BCUT2D eigenvalue weighted by Gasteiger charge is -2.33. The normalized spacial score (nSPS) is 16.4. The molecule has 19 heavy (non-hydrogen) atoms. The summed E-state index contributed by atoms with van der Waals surface area (Å²) in [6, 6.07) is 0. The van der Waals surface area contributed by atoms with Crippen LogP contribution >= 0.6 is 11.3 Å². The number of aldehydes is 1. The van der Waals surface area contributed by atoms with Gasteiger partial charge in [-0.05, 0) is 6.92 Å². The summed E-state index contributed by atoms with van der Waals surface area (Å²) in [5.74, 6) is 0. The van der Waals surface area contributed by atoms with Crippen molar-refractivity contribution in [2.75, 3.05) is 32.8 Å². The number of thiazole rings is 1. The minimum atomic E-state index is -0.236. The van der Waals surface area contributed by atoms with Crippen LogP contribution in [0.3, 0.4) is 0 Å². The molecular weight excluding hydrogens is 266 g/mol. The quantitative estimate of drug-likeness (QED) is 0.778. The largest absolute Gasteiger partial charge is 0.450 e. The average Bonchev–Trinajstić information content (AvgIpc) is 2.87. The molecule has 1 aromatic rings. The zero-order valence-electron chi connectivity index (χ0n) is 10.9. The van der Waals surface area contributed by atoms with Crippen molar-refractivity contribution in [2.24, 2.45) is 0 Å². The molecule has 0 aromatic carbocycles. The first kappa shape index (κ1) is 14.0. The monoisotopic (exact) mass is 283 g/mol. The van der Waals surface area contributed by atoms with Gasteiger partial charge >= 0.3 is 6.09 Å². The van der Waals surface area contributed by atoms with Gasteiger partial charge in [-0.2, -0.15) is 0 Å². The SMILES string of the molecule is CCOC(=O)N1CCN(Cc2ncc(C=O)s2)CC1. The van der Waals surface area contributed by atoms with Crippen molar-refractivity contribution >= 4 is 23.7 Å². The van der Waals surface area contributed by atoms with Gasteiger partial charge in [0.05, 0.1) is 18.0 Å². The molecule has 0 N–H and O–H groups in total. The van der Waals surface area contributed by atoms with Crippen LogP contribution in [0.4, 0.5) is 4.79 Å². The number of hydrogen-bond acceptors (Lipinski definition) is 6. The second-order valence-corrected chi connectivity index (χ2v) is 5.38. The van der Waals surface area contributed by atoms with Gasteiger partial charge in [0.2, 0.25) is 0 Å². The first-order valence-electron chi connectivity index (χ1n) is 6.27. The minimum absolute atomic E-state index is 0.236. The maximum Gasteiger partial charge on any atom is 0.409 e. The number of carbonyl (C=O) groups excluding carboxylic acids is 2. The van der Waals surface area contributed by atoms with E-state index in [9.17, 15) is 9.59 Å². The Hall–Kier alpha value is -1.47. The van der Waals surface area contributed by atoms with E-state index in [-0.39, 0.29) is 6.09 Å². The molecule has 1 aliphatic rings. The zero-order chi connectivity index (χ0) is 13.7. The molecule has 0 bridgehead atoms. The molecule has 2 heterocycles. The Labute approximate surface area is 116 Å². The number of nitrogens with zero attached hydrogens (tertiary/aromatic N) is 3. The number of piperazine rings is 1. The molecule has 7 heteroatoms. The highest BCUT2D eigenvalue weighted by Crippen LogP contribution is 2.14. The fraction of sp³-hybridized carbons (Fsp3) is 0.583. The van der Waals surface area contributed by atoms with E-state index in [2.05, 4.69) is 9.88 Å². The molecule has 104 valence electrons. The third-order valence-electron chi connectivity index (χ3n) is 2.94. The summed E-state index contributed by atoms with van der Waals surface area (Å²) in [6.07, 6.45) is 2.18. The van der Waals surface area contributed by atoms with Crippen LogP contribution in [0.2, 0.25) is 0 Å². The van der Waals surface area contributed by atoms with E-state index in [0.717, 1.165) is 30.9 Å². The molecule has 6 nitrogen and oxygen atoms in total. The van der Waals surface area contributed by atoms with Crippen LogP contribution < -0.4 is 0 Å². The first-order valence-corrected chi connectivity index (χ1v) is 7.08. The van der Waals surface area contributed by atoms with Gasteiger partial charge in [-0.3, -0.25) is 9.69 Å². The van der Waals surface area contributed by atoms with Gasteiger partial charge < -0.3 is 9.64 Å². The van der Waals surface area contributed by atoms with Crippen LogP contribution in [-0.2, 0) is 11.3 Å². The number of amides is 1. The lowest BCUT2D eigenvalue weighted by atomic mass is 10.3. The van der Waals surface area contributed by atoms with E-state index in [1.807, 2.05) is 0 Å². The van der Waals surface area contributed by atoms with Crippen LogP contribution in [0.15, 0.2) is 6.20 Å². The van der Waals surface area contributed by atoms with E-state index in [1.165, 1.54) is 11.3 Å². The summed E-state index contributed by atoms with van der Waals surface area (Å²) in [5.41, 5.74) is 0. The second-order valence-electron chi connectivity index (χ2n) is 4.24. The van der Waals surface area contributed by atoms with Crippen LogP contribution in [0, 0.1) is 0 Å². The summed E-state index contributed by atoms with van der Waals surface area (Å²) in [6.45, 7) is 5.89. The molecule has 0 aliphatic carbocycles. The highest BCUT2D eigenvalue weighted by Gasteiger charge is 2.22. The van der Waals surface area contributed by atoms with E-state index in [1.54, 1.807) is 18.0 Å². The van der Waals surface area contributed by atoms with Crippen molar-refractivity contribution in [3.63, 3.8) is 0 Å². The van der Waals surface area contributed by atoms with Crippen LogP contribution in [0.5, 0.6) is 0 Å². The molecule has 0 unspecified atom stereocenters. The maximum atomic E-state index is 11.5. The van der Waals surface area contributed by atoms with Gasteiger partial charge in [0.1, 0.15) is 5.01 Å². The Bertz CT molecular complexity index is 441. The molecule has 0 spiro atoms. The van der Waals surface area contributed by atoms with E-state index < -0.39 is 0 Å². The van der Waals surface area contributed by atoms with Crippen molar-refractivity contribution in [2.45, 2.75) is 13.5 Å². The van der Waals surface area contributed by atoms with Crippen molar-refractivity contribution in [3.05, 3.63) is 16.1 Å². The Balaban J connectivity index is 1.80. The van der Waals surface area contributed by atoms with Gasteiger partial charge in [0.15, 0.2) is 6.29 Å². The lowest BCUT2D eigenvalue weighted by molar-refractivity contribution is 0.0778. The summed E-state index contributed by atoms with van der Waals surface area (Å²) in [7, 11) is 0. The highest BCUT2D eigenvalue weighted by molar-refractivity contribution is 7.13. The van der Waals surface area contributed by atoms with E-state index in [0.29, 0.717) is 24.6 Å². The molecule has 0 radical (unpaired) electrons. The molecule has 2 rings (SSSR count). The summed E-state index contributed by atoms with van der Waals surface area (Å²) >= 11 is 1.42. The van der Waals surface area contributed by atoms with Crippen LogP contribution in [0.25, 0.3) is 0 Å². The Kier molecular flexibility index (Phi) is 4.86. The predicted molar refractivity (Wildman–Crippen MR) is 71.4 cm³/mol. The molecule has 1 aromatic heterocycles. The minimum Gasteiger partial charge on any atom is -0.450 e. The third kappa shape index (κ3) is 3.74. The van der Waals surface area contributed by atoms with Gasteiger partial charge in [0.25, 0.3) is 0 Å². The van der Waals surface area contributed by atoms with Gasteiger partial charge in [0, 0.05) is 32.4 Å². The van der Waals surface area contributed by atoms with Crippen molar-refractivity contribution < 1.29 is 14.3 Å². The van der Waals surface area contributed by atoms with Gasteiger partial charge in [-0.1, -0.05) is 0 Å². The fourth-order valence-electron chi connectivity index (χ4n) is 1.95. The number of hydrogen-bond donors (Lipinski definition) is 0. The molecule has 0 saturated carbocycles. The smallest absolute Gasteiger partial charge is 0.409 e. The van der Waals surface area contributed by atoms with Gasteiger partial charge in [-0.25, -0.2) is 9.78 Å². The first-order chi connectivity index (χ1) is 9.22. The summed E-state index contributed by atoms with van der Waals surface area (Å²) in [5, 5.41) is 0.937. The molecule has 1 saturated heterocycles. The van der Waals surface area contributed by atoms with Crippen molar-refractivity contribution in [1.82, 2.24) is 14.8 Å². The van der Waals surface area contributed by atoms with Crippen molar-refractivity contribution in [3.8, 4) is 0 Å². The second kappa shape index (κ2) is 6.63. The topological polar surface area (TPSA) is 62.7 Å². The lowest BCUT2D eigenvalue weighted by Crippen LogP contribution is -2.48. The number of rotatable bonds is 4. The van der Waals surface area contributed by atoms with E-state index >= 15 is 0 Å². The number of ether oxygens (including phenoxy) is 1. The predicted octanol–water partition coefficient (Wildman–Crippen LogP) is 1.23. The fourth-order valence-corrected chi connectivity index (χ4v) is 2.72. The van der Waals surface area contributed by atoms with E-state index in [4.69, 9.17) is 4.74 Å². The van der Waals surface area contributed by atoms with Crippen LogP contribution in [-0.4, -0.2) is 59.9 Å². The molecule has 1 fully saturated rings. The third-order valence-corrected chi connectivity index (χ3v) is 3.85. The molecule has 1 amide bonds. The summed E-state index contributed by atoms with van der Waals surface area (Å²) < 4.78 is 4.97. The standard InChI is InChI=1S/C12H17N3O3S/c1-2-18-12(17)15-5-3-14(4-6-15)8-11-13-7-10(9-16)19-11/h7,9H,2-6,8H2,1H3. The van der Waals surface area contributed by atoms with Gasteiger partial charge in [-0.15, -0.1) is 11.3 Å². The summed E-state index contributed by atoms with van der Waals surface area (Å²) in [4.78, 5) is 30.9. The Morgan fingerprint density at radius 1 is 1.47 bits per heavy atom.